The molecule has 1 N–H and O–H groups in total. The van der Waals surface area contributed by atoms with Gasteiger partial charge in [-0.3, -0.25) is 4.98 Å². The Bertz CT molecular complexity index is 286. The fourth-order valence-corrected chi connectivity index (χ4v) is 2.11. The summed E-state index contributed by atoms with van der Waals surface area (Å²) in [4.78, 5) is 6.41. The Morgan fingerprint density at radius 2 is 2.27 bits per heavy atom. The van der Waals surface area contributed by atoms with Crippen molar-refractivity contribution in [3.8, 4) is 0 Å². The van der Waals surface area contributed by atoms with Gasteiger partial charge in [0.2, 0.25) is 0 Å². The second-order valence-corrected chi connectivity index (χ2v) is 4.40. The van der Waals surface area contributed by atoms with Gasteiger partial charge in [0.25, 0.3) is 0 Å². The second-order valence-electron chi connectivity index (χ2n) is 4.40. The number of hydrogen-bond acceptors (Lipinski definition) is 3. The van der Waals surface area contributed by atoms with Crippen molar-refractivity contribution in [1.29, 1.82) is 0 Å². The lowest BCUT2D eigenvalue weighted by Crippen LogP contribution is -2.24. The van der Waals surface area contributed by atoms with E-state index in [0.29, 0.717) is 0 Å². The molecule has 1 aromatic rings. The Labute approximate surface area is 91.5 Å². The van der Waals surface area contributed by atoms with Gasteiger partial charge in [-0.05, 0) is 50.2 Å². The monoisotopic (exact) mass is 205 g/mol. The predicted octanol–water partition coefficient (Wildman–Crippen LogP) is 1.12. The number of nitrogens with zero attached hydrogens (tertiary/aromatic N) is 2. The van der Waals surface area contributed by atoms with Gasteiger partial charge in [-0.25, -0.2) is 0 Å². The lowest BCUT2D eigenvalue weighted by atomic mass is 10.1. The molecule has 1 unspecified atom stereocenters. The highest BCUT2D eigenvalue weighted by Gasteiger charge is 2.18. The van der Waals surface area contributed by atoms with Gasteiger partial charge in [0.05, 0.1) is 0 Å². The van der Waals surface area contributed by atoms with E-state index in [1.165, 1.54) is 25.1 Å². The van der Waals surface area contributed by atoms with E-state index in [-0.39, 0.29) is 0 Å². The van der Waals surface area contributed by atoms with Gasteiger partial charge < -0.3 is 10.2 Å². The Hall–Kier alpha value is -0.930. The summed E-state index contributed by atoms with van der Waals surface area (Å²) in [6.07, 6.45) is 5.03. The molecule has 0 aliphatic carbocycles. The van der Waals surface area contributed by atoms with Crippen molar-refractivity contribution >= 4 is 0 Å². The fourth-order valence-electron chi connectivity index (χ4n) is 2.11. The van der Waals surface area contributed by atoms with E-state index in [2.05, 4.69) is 34.4 Å². The third-order valence-electron chi connectivity index (χ3n) is 3.00. The maximum atomic E-state index is 4.01. The van der Waals surface area contributed by atoms with E-state index in [1.54, 1.807) is 0 Å². The molecule has 15 heavy (non-hydrogen) atoms. The molecule has 1 aliphatic rings. The molecule has 1 saturated heterocycles. The minimum atomic E-state index is 0.830. The summed E-state index contributed by atoms with van der Waals surface area (Å²) in [5, 5.41) is 3.51. The van der Waals surface area contributed by atoms with Crippen molar-refractivity contribution in [2.45, 2.75) is 13.0 Å². The number of hydrogen-bond donors (Lipinski definition) is 1. The maximum Gasteiger partial charge on any atom is 0.0271 e. The molecule has 82 valence electrons. The van der Waals surface area contributed by atoms with Gasteiger partial charge in [0, 0.05) is 25.5 Å². The zero-order valence-electron chi connectivity index (χ0n) is 9.32. The van der Waals surface area contributed by atoms with Crippen LogP contribution in [0.1, 0.15) is 12.0 Å². The Morgan fingerprint density at radius 1 is 1.47 bits per heavy atom. The van der Waals surface area contributed by atoms with Crippen LogP contribution in [0, 0.1) is 5.92 Å². The van der Waals surface area contributed by atoms with Crippen LogP contribution < -0.4 is 5.32 Å². The summed E-state index contributed by atoms with van der Waals surface area (Å²) in [6.45, 7) is 4.58. The van der Waals surface area contributed by atoms with E-state index < -0.39 is 0 Å². The Morgan fingerprint density at radius 3 is 2.93 bits per heavy atom. The quantitative estimate of drug-likeness (QED) is 0.798. The van der Waals surface area contributed by atoms with Gasteiger partial charge in [-0.1, -0.05) is 0 Å². The smallest absolute Gasteiger partial charge is 0.0271 e. The summed E-state index contributed by atoms with van der Waals surface area (Å²) in [5.74, 6) is 0.830. The first-order valence-corrected chi connectivity index (χ1v) is 5.63. The molecule has 0 bridgehead atoms. The molecule has 0 amide bonds. The average Bonchev–Trinajstić information content (AvgIpc) is 2.66. The zero-order chi connectivity index (χ0) is 10.5. The summed E-state index contributed by atoms with van der Waals surface area (Å²) in [6, 6.07) is 4.13. The highest BCUT2D eigenvalue weighted by atomic mass is 15.1. The summed E-state index contributed by atoms with van der Waals surface area (Å²) < 4.78 is 0. The van der Waals surface area contributed by atoms with Crippen LogP contribution in [0.5, 0.6) is 0 Å². The minimum Gasteiger partial charge on any atom is -0.312 e. The standard InChI is InChI=1S/C12H19N3/c1-15-7-4-12(10-15)9-14-8-11-2-5-13-6-3-11/h2-3,5-6,12,14H,4,7-10H2,1H3. The number of nitrogens with one attached hydrogen (secondary N) is 1. The van der Waals surface area contributed by atoms with Crippen LogP contribution >= 0.6 is 0 Å². The average molecular weight is 205 g/mol. The summed E-state index contributed by atoms with van der Waals surface area (Å²) >= 11 is 0. The third-order valence-corrected chi connectivity index (χ3v) is 3.00. The van der Waals surface area contributed by atoms with E-state index in [4.69, 9.17) is 0 Å². The highest BCUT2D eigenvalue weighted by molar-refractivity contribution is 5.08. The first-order valence-electron chi connectivity index (χ1n) is 5.63. The van der Waals surface area contributed by atoms with Crippen molar-refractivity contribution in [2.24, 2.45) is 5.92 Å². The molecule has 3 heteroatoms. The van der Waals surface area contributed by atoms with Crippen LogP contribution in [0.25, 0.3) is 0 Å². The molecule has 3 nitrogen and oxygen atoms in total. The van der Waals surface area contributed by atoms with Gasteiger partial charge in [-0.15, -0.1) is 0 Å². The van der Waals surface area contributed by atoms with Crippen molar-refractivity contribution in [2.75, 3.05) is 26.7 Å². The van der Waals surface area contributed by atoms with E-state index >= 15 is 0 Å². The van der Waals surface area contributed by atoms with Crippen LogP contribution in [0.3, 0.4) is 0 Å². The van der Waals surface area contributed by atoms with Crippen molar-refractivity contribution in [3.05, 3.63) is 30.1 Å². The Balaban J connectivity index is 1.67. The van der Waals surface area contributed by atoms with E-state index in [1.807, 2.05) is 12.4 Å². The molecule has 1 aliphatic heterocycles. The molecule has 0 spiro atoms. The fraction of sp³-hybridized carbons (Fsp3) is 0.583. The van der Waals surface area contributed by atoms with Crippen LogP contribution in [-0.2, 0) is 6.54 Å². The number of likely N-dealkylation sites (tertiary alicyclic amines) is 1. The van der Waals surface area contributed by atoms with Gasteiger partial charge in [0.1, 0.15) is 0 Å². The van der Waals surface area contributed by atoms with Gasteiger partial charge in [-0.2, -0.15) is 0 Å². The van der Waals surface area contributed by atoms with E-state index in [0.717, 1.165) is 19.0 Å². The molecular weight excluding hydrogens is 186 g/mol. The molecule has 2 heterocycles. The lowest BCUT2D eigenvalue weighted by Gasteiger charge is -2.11. The van der Waals surface area contributed by atoms with Gasteiger partial charge >= 0.3 is 0 Å². The first-order chi connectivity index (χ1) is 7.34. The topological polar surface area (TPSA) is 28.2 Å². The normalized spacial score (nSPS) is 22.1. The molecule has 0 radical (unpaired) electrons. The second kappa shape index (κ2) is 5.24. The lowest BCUT2D eigenvalue weighted by molar-refractivity contribution is 0.388. The highest BCUT2D eigenvalue weighted by Crippen LogP contribution is 2.12. The third kappa shape index (κ3) is 3.29. The summed E-state index contributed by atoms with van der Waals surface area (Å²) in [7, 11) is 2.20. The van der Waals surface area contributed by atoms with Crippen LogP contribution in [-0.4, -0.2) is 36.6 Å². The maximum absolute atomic E-state index is 4.01. The number of aromatic nitrogens is 1. The molecule has 1 atom stereocenters. The van der Waals surface area contributed by atoms with Crippen molar-refractivity contribution in [3.63, 3.8) is 0 Å². The van der Waals surface area contributed by atoms with Crippen molar-refractivity contribution in [1.82, 2.24) is 15.2 Å². The SMILES string of the molecule is CN1CCC(CNCc2ccncc2)C1. The molecule has 1 aromatic heterocycles. The largest absolute Gasteiger partial charge is 0.312 e. The molecule has 1 fully saturated rings. The van der Waals surface area contributed by atoms with Crippen LogP contribution in [0.4, 0.5) is 0 Å². The van der Waals surface area contributed by atoms with Gasteiger partial charge in [0.15, 0.2) is 0 Å². The van der Waals surface area contributed by atoms with Crippen molar-refractivity contribution < 1.29 is 0 Å². The predicted molar refractivity (Wildman–Crippen MR) is 61.5 cm³/mol. The minimum absolute atomic E-state index is 0.830. The molecule has 0 saturated carbocycles. The Kier molecular flexibility index (Phi) is 3.69. The first kappa shape index (κ1) is 10.6. The zero-order valence-corrected chi connectivity index (χ0v) is 9.32. The molecule has 0 aromatic carbocycles. The van der Waals surface area contributed by atoms with E-state index in [9.17, 15) is 0 Å². The number of pyridine rings is 1. The summed E-state index contributed by atoms with van der Waals surface area (Å²) in [5.41, 5.74) is 1.32. The number of rotatable bonds is 4. The molecule has 2 rings (SSSR count). The van der Waals surface area contributed by atoms with Crippen LogP contribution in [0.2, 0.25) is 0 Å². The van der Waals surface area contributed by atoms with Crippen LogP contribution in [0.15, 0.2) is 24.5 Å². The molecular formula is C12H19N3.